The van der Waals surface area contributed by atoms with Gasteiger partial charge in [0.05, 0.1) is 0 Å². The molecule has 6 nitrogen and oxygen atoms in total. The van der Waals surface area contributed by atoms with Crippen LogP contribution in [0.3, 0.4) is 0 Å². The second-order valence-corrected chi connectivity index (χ2v) is 5.59. The van der Waals surface area contributed by atoms with E-state index in [1.165, 1.54) is 39.5 Å². The van der Waals surface area contributed by atoms with Crippen LogP contribution in [-0.2, 0) is 28.6 Å². The molecule has 0 radical (unpaired) electrons. The van der Waals surface area contributed by atoms with Crippen molar-refractivity contribution in [2.45, 2.75) is 78.2 Å². The molecule has 0 fully saturated rings. The van der Waals surface area contributed by atoms with Crippen molar-refractivity contribution in [3.63, 3.8) is 0 Å². The fraction of sp³-hybridized carbons (Fsp3) is 0.824. The fourth-order valence-corrected chi connectivity index (χ4v) is 2.01. The van der Waals surface area contributed by atoms with E-state index in [-0.39, 0.29) is 19.2 Å². The summed E-state index contributed by atoms with van der Waals surface area (Å²) in [6.07, 6.45) is 7.39. The summed E-state index contributed by atoms with van der Waals surface area (Å²) in [5, 5.41) is 0. The topological polar surface area (TPSA) is 78.9 Å². The summed E-state index contributed by atoms with van der Waals surface area (Å²) in [5.41, 5.74) is 0. The number of hydrogen-bond acceptors (Lipinski definition) is 6. The molecule has 0 bridgehead atoms. The molecule has 0 saturated heterocycles. The molecule has 0 unspecified atom stereocenters. The van der Waals surface area contributed by atoms with Crippen molar-refractivity contribution in [3.8, 4) is 0 Å². The summed E-state index contributed by atoms with van der Waals surface area (Å²) in [6.45, 7) is 4.50. The van der Waals surface area contributed by atoms with Crippen molar-refractivity contribution in [3.05, 3.63) is 0 Å². The van der Waals surface area contributed by atoms with Gasteiger partial charge in [-0.05, 0) is 6.42 Å². The van der Waals surface area contributed by atoms with E-state index in [4.69, 9.17) is 14.2 Å². The Kier molecular flexibility index (Phi) is 13.1. The third kappa shape index (κ3) is 15.1. The van der Waals surface area contributed by atoms with Crippen molar-refractivity contribution < 1.29 is 28.6 Å². The molecule has 0 spiro atoms. The summed E-state index contributed by atoms with van der Waals surface area (Å²) in [6, 6.07) is 0. The number of unbranched alkanes of at least 4 members (excludes halogenated alkanes) is 6. The highest BCUT2D eigenvalue weighted by molar-refractivity contribution is 5.70. The van der Waals surface area contributed by atoms with Gasteiger partial charge in [0.25, 0.3) is 0 Å². The zero-order valence-corrected chi connectivity index (χ0v) is 14.6. The number of carbonyl (C=O) groups is 3. The summed E-state index contributed by atoms with van der Waals surface area (Å²) < 4.78 is 14.8. The Morgan fingerprint density at radius 3 is 1.74 bits per heavy atom. The van der Waals surface area contributed by atoms with E-state index >= 15 is 0 Å². The molecular weight excluding hydrogens is 300 g/mol. The molecule has 134 valence electrons. The molecule has 0 atom stereocenters. The first-order valence-electron chi connectivity index (χ1n) is 8.41. The highest BCUT2D eigenvalue weighted by Gasteiger charge is 2.17. The molecule has 0 N–H and O–H groups in total. The zero-order chi connectivity index (χ0) is 17.5. The summed E-state index contributed by atoms with van der Waals surface area (Å²) in [7, 11) is 0. The lowest BCUT2D eigenvalue weighted by molar-refractivity contribution is -0.165. The first-order valence-corrected chi connectivity index (χ1v) is 8.41. The maximum Gasteiger partial charge on any atom is 0.306 e. The van der Waals surface area contributed by atoms with E-state index in [1.54, 1.807) is 0 Å². The maximum absolute atomic E-state index is 11.8. The first kappa shape index (κ1) is 21.4. The Labute approximate surface area is 138 Å². The van der Waals surface area contributed by atoms with Crippen LogP contribution in [0.4, 0.5) is 0 Å². The molecule has 23 heavy (non-hydrogen) atoms. The number of ether oxygens (including phenoxy) is 3. The molecule has 0 aliphatic rings. The average Bonchev–Trinajstić information content (AvgIpc) is 2.48. The lowest BCUT2D eigenvalue weighted by Gasteiger charge is -2.17. The number of carbonyl (C=O) groups excluding carboxylic acids is 3. The van der Waals surface area contributed by atoms with Crippen LogP contribution in [-0.4, -0.2) is 37.2 Å². The molecule has 6 heteroatoms. The van der Waals surface area contributed by atoms with Gasteiger partial charge in [0, 0.05) is 20.3 Å². The molecule has 0 aliphatic carbocycles. The maximum atomic E-state index is 11.8. The van der Waals surface area contributed by atoms with E-state index in [0.29, 0.717) is 6.42 Å². The van der Waals surface area contributed by atoms with Gasteiger partial charge in [0.15, 0.2) is 6.10 Å². The third-order valence-electron chi connectivity index (χ3n) is 3.23. The molecule has 0 heterocycles. The van der Waals surface area contributed by atoms with Gasteiger partial charge in [-0.15, -0.1) is 0 Å². The summed E-state index contributed by atoms with van der Waals surface area (Å²) >= 11 is 0. The van der Waals surface area contributed by atoms with Crippen molar-refractivity contribution in [2.24, 2.45) is 0 Å². The quantitative estimate of drug-likeness (QED) is 0.293. The highest BCUT2D eigenvalue weighted by atomic mass is 16.6. The van der Waals surface area contributed by atoms with Gasteiger partial charge < -0.3 is 14.2 Å². The summed E-state index contributed by atoms with van der Waals surface area (Å²) in [5.74, 6) is -1.30. The lowest BCUT2D eigenvalue weighted by Crippen LogP contribution is -2.30. The Hall–Kier alpha value is -1.59. The van der Waals surface area contributed by atoms with Crippen molar-refractivity contribution in [1.82, 2.24) is 0 Å². The Morgan fingerprint density at radius 2 is 1.26 bits per heavy atom. The average molecular weight is 330 g/mol. The molecule has 0 aliphatic heterocycles. The molecular formula is C17H30O6. The monoisotopic (exact) mass is 330 g/mol. The number of hydrogen-bond donors (Lipinski definition) is 0. The van der Waals surface area contributed by atoms with Gasteiger partial charge in [-0.25, -0.2) is 0 Å². The fourth-order valence-electron chi connectivity index (χ4n) is 2.01. The van der Waals surface area contributed by atoms with E-state index < -0.39 is 18.0 Å². The van der Waals surface area contributed by atoms with Crippen molar-refractivity contribution >= 4 is 17.9 Å². The minimum Gasteiger partial charge on any atom is -0.462 e. The second-order valence-electron chi connectivity index (χ2n) is 5.59. The van der Waals surface area contributed by atoms with Gasteiger partial charge in [-0.2, -0.15) is 0 Å². The van der Waals surface area contributed by atoms with E-state index in [2.05, 4.69) is 6.92 Å². The standard InChI is InChI=1S/C17H30O6/c1-4-5-6-7-8-9-10-11-17(20)23-16(12-21-14(2)18)13-22-15(3)19/h16H,4-13H2,1-3H3. The van der Waals surface area contributed by atoms with Crippen LogP contribution in [0.25, 0.3) is 0 Å². The van der Waals surface area contributed by atoms with Crippen LogP contribution in [0.2, 0.25) is 0 Å². The SMILES string of the molecule is CCCCCCCCCC(=O)OC(COC(C)=O)COC(C)=O. The minimum absolute atomic E-state index is 0.106. The van der Waals surface area contributed by atoms with E-state index in [0.717, 1.165) is 19.3 Å². The largest absolute Gasteiger partial charge is 0.462 e. The molecule has 0 aromatic carbocycles. The van der Waals surface area contributed by atoms with Crippen LogP contribution in [0.15, 0.2) is 0 Å². The molecule has 0 amide bonds. The first-order chi connectivity index (χ1) is 11.0. The lowest BCUT2D eigenvalue weighted by atomic mass is 10.1. The van der Waals surface area contributed by atoms with Crippen LogP contribution in [0, 0.1) is 0 Å². The minimum atomic E-state index is -0.750. The van der Waals surface area contributed by atoms with Crippen LogP contribution in [0.5, 0.6) is 0 Å². The second kappa shape index (κ2) is 14.0. The Morgan fingerprint density at radius 1 is 0.783 bits per heavy atom. The molecule has 0 aromatic heterocycles. The third-order valence-corrected chi connectivity index (χ3v) is 3.23. The smallest absolute Gasteiger partial charge is 0.306 e. The van der Waals surface area contributed by atoms with Gasteiger partial charge in [0.2, 0.25) is 0 Å². The van der Waals surface area contributed by atoms with Crippen LogP contribution < -0.4 is 0 Å². The molecule has 0 saturated carbocycles. The van der Waals surface area contributed by atoms with Gasteiger partial charge in [-0.3, -0.25) is 14.4 Å². The number of esters is 3. The normalized spacial score (nSPS) is 10.4. The van der Waals surface area contributed by atoms with Crippen LogP contribution >= 0.6 is 0 Å². The molecule has 0 rings (SSSR count). The Balaban J connectivity index is 3.91. The van der Waals surface area contributed by atoms with Crippen LogP contribution in [0.1, 0.15) is 72.1 Å². The van der Waals surface area contributed by atoms with Gasteiger partial charge in [-0.1, -0.05) is 45.4 Å². The highest BCUT2D eigenvalue weighted by Crippen LogP contribution is 2.09. The van der Waals surface area contributed by atoms with Gasteiger partial charge >= 0.3 is 17.9 Å². The molecule has 0 aromatic rings. The predicted octanol–water partition coefficient (Wildman–Crippen LogP) is 3.17. The predicted molar refractivity (Wildman–Crippen MR) is 85.8 cm³/mol. The number of rotatable bonds is 13. The Bertz CT molecular complexity index is 335. The van der Waals surface area contributed by atoms with Gasteiger partial charge in [0.1, 0.15) is 13.2 Å². The van der Waals surface area contributed by atoms with Crippen molar-refractivity contribution in [1.29, 1.82) is 0 Å². The summed E-state index contributed by atoms with van der Waals surface area (Å²) in [4.78, 5) is 33.4. The van der Waals surface area contributed by atoms with Crippen molar-refractivity contribution in [2.75, 3.05) is 13.2 Å². The zero-order valence-electron chi connectivity index (χ0n) is 14.6. The van der Waals surface area contributed by atoms with E-state index in [1.807, 2.05) is 0 Å². The van der Waals surface area contributed by atoms with E-state index in [9.17, 15) is 14.4 Å².